The van der Waals surface area contributed by atoms with Crippen molar-refractivity contribution in [1.82, 2.24) is 5.32 Å². The Labute approximate surface area is 143 Å². The molecule has 24 heavy (non-hydrogen) atoms. The summed E-state index contributed by atoms with van der Waals surface area (Å²) in [5, 5.41) is 23.9. The molecule has 1 amide bonds. The second kappa shape index (κ2) is 4.64. The second-order valence-electron chi connectivity index (χ2n) is 9.67. The van der Waals surface area contributed by atoms with Crippen molar-refractivity contribution < 1.29 is 15.0 Å². The Morgan fingerprint density at radius 2 is 2.08 bits per heavy atom. The summed E-state index contributed by atoms with van der Waals surface area (Å²) in [4.78, 5) is 11.9. The lowest BCUT2D eigenvalue weighted by Gasteiger charge is -2.61. The van der Waals surface area contributed by atoms with Gasteiger partial charge in [-0.1, -0.05) is 6.92 Å². The van der Waals surface area contributed by atoms with E-state index in [1.165, 1.54) is 18.4 Å². The van der Waals surface area contributed by atoms with Gasteiger partial charge in [-0.05, 0) is 85.5 Å². The Kier molecular flexibility index (Phi) is 2.98. The highest BCUT2D eigenvalue weighted by atomic mass is 16.3. The van der Waals surface area contributed by atoms with E-state index in [1.807, 2.05) is 6.08 Å². The first-order valence-electron chi connectivity index (χ1n) is 9.75. The third kappa shape index (κ3) is 1.74. The molecule has 1 spiro atoms. The molecule has 0 radical (unpaired) electrons. The number of fused-ring (bicyclic) bond motifs is 5. The van der Waals surface area contributed by atoms with Crippen LogP contribution in [0.2, 0.25) is 0 Å². The standard InChI is InChI=1S/C20H29NO3/c1-18-6-5-15-13(8-17(23)21-15)14(18)4-7-19-9-12(2-3-16(18)19)20(24,10-19)11-22/h8,12,14-16,22,24H,2-7,9-11H2,1H3,(H,21,23)/t12-,14-,15-,16+,18-,19+,20+/m1/s1. The zero-order chi connectivity index (χ0) is 16.7. The number of rotatable bonds is 1. The zero-order valence-corrected chi connectivity index (χ0v) is 14.6. The predicted octanol–water partition coefficient (Wildman–Crippen LogP) is 2.15. The first kappa shape index (κ1) is 15.4. The average Bonchev–Trinajstić information content (AvgIpc) is 3.02. The highest BCUT2D eigenvalue weighted by molar-refractivity contribution is 5.92. The third-order valence-electron chi connectivity index (χ3n) is 8.80. The minimum absolute atomic E-state index is 0.0854. The van der Waals surface area contributed by atoms with E-state index in [9.17, 15) is 15.0 Å². The predicted molar refractivity (Wildman–Crippen MR) is 90.0 cm³/mol. The van der Waals surface area contributed by atoms with Crippen LogP contribution in [-0.2, 0) is 4.79 Å². The Balaban J connectivity index is 1.53. The molecule has 4 fully saturated rings. The number of carbonyl (C=O) groups is 1. The lowest BCUT2D eigenvalue weighted by Crippen LogP contribution is -2.54. The minimum atomic E-state index is -0.848. The third-order valence-corrected chi connectivity index (χ3v) is 8.80. The summed E-state index contributed by atoms with van der Waals surface area (Å²) in [6.07, 6.45) is 10.5. The SMILES string of the molecule is C[C@@]12CC[C@H]3NC(=O)C=C3[C@H]1CC[C@@]13C[C@@H](CC[C@H]12)[C@@](O)(CO)C3. The number of nitrogens with one attached hydrogen (secondary N) is 1. The number of amides is 1. The van der Waals surface area contributed by atoms with Crippen LogP contribution in [0.5, 0.6) is 0 Å². The van der Waals surface area contributed by atoms with Crippen LogP contribution in [0.15, 0.2) is 11.6 Å². The number of aliphatic hydroxyl groups is 2. The van der Waals surface area contributed by atoms with Gasteiger partial charge in [0, 0.05) is 6.08 Å². The van der Waals surface area contributed by atoms with E-state index in [0.29, 0.717) is 11.8 Å². The fourth-order valence-electron chi connectivity index (χ4n) is 7.88. The highest BCUT2D eigenvalue weighted by Gasteiger charge is 2.66. The monoisotopic (exact) mass is 331 g/mol. The topological polar surface area (TPSA) is 69.6 Å². The number of hydrogen-bond donors (Lipinski definition) is 3. The van der Waals surface area contributed by atoms with Crippen molar-refractivity contribution in [1.29, 1.82) is 0 Å². The van der Waals surface area contributed by atoms with Gasteiger partial charge in [0.25, 0.3) is 0 Å². The van der Waals surface area contributed by atoms with Gasteiger partial charge in [0.2, 0.25) is 5.91 Å². The Bertz CT molecular complexity index is 630. The average molecular weight is 331 g/mol. The molecular formula is C20H29NO3. The van der Waals surface area contributed by atoms with Gasteiger partial charge in [0.15, 0.2) is 0 Å². The number of hydrogen-bond acceptors (Lipinski definition) is 3. The van der Waals surface area contributed by atoms with Crippen LogP contribution in [0, 0.1) is 28.6 Å². The van der Waals surface area contributed by atoms with Crippen LogP contribution in [-0.4, -0.2) is 34.4 Å². The minimum Gasteiger partial charge on any atom is -0.393 e. The van der Waals surface area contributed by atoms with Crippen LogP contribution in [0.4, 0.5) is 0 Å². The van der Waals surface area contributed by atoms with Gasteiger partial charge in [-0.2, -0.15) is 0 Å². The van der Waals surface area contributed by atoms with Gasteiger partial charge in [0.1, 0.15) is 0 Å². The summed E-state index contributed by atoms with van der Waals surface area (Å²) in [6.45, 7) is 2.37. The lowest BCUT2D eigenvalue weighted by atomic mass is 9.44. The van der Waals surface area contributed by atoms with Gasteiger partial charge in [-0.25, -0.2) is 0 Å². The van der Waals surface area contributed by atoms with Crippen molar-refractivity contribution in [3.05, 3.63) is 11.6 Å². The zero-order valence-electron chi connectivity index (χ0n) is 14.6. The first-order valence-corrected chi connectivity index (χ1v) is 9.75. The quantitative estimate of drug-likeness (QED) is 0.689. The van der Waals surface area contributed by atoms with Crippen molar-refractivity contribution in [3.63, 3.8) is 0 Å². The number of carbonyl (C=O) groups excluding carboxylic acids is 1. The molecule has 0 aromatic carbocycles. The molecule has 5 rings (SSSR count). The van der Waals surface area contributed by atoms with Crippen LogP contribution < -0.4 is 5.32 Å². The van der Waals surface area contributed by atoms with Crippen molar-refractivity contribution in [2.45, 2.75) is 69.9 Å². The second-order valence-corrected chi connectivity index (χ2v) is 9.67. The summed E-state index contributed by atoms with van der Waals surface area (Å²) in [5.74, 6) is 1.52. The molecule has 5 aliphatic rings. The fourth-order valence-corrected chi connectivity index (χ4v) is 7.88. The van der Waals surface area contributed by atoms with E-state index in [-0.39, 0.29) is 35.3 Å². The van der Waals surface area contributed by atoms with Crippen molar-refractivity contribution in [2.24, 2.45) is 28.6 Å². The molecule has 0 aromatic heterocycles. The summed E-state index contributed by atoms with van der Waals surface area (Å²) >= 11 is 0. The maximum absolute atomic E-state index is 11.9. The number of aliphatic hydroxyl groups excluding tert-OH is 1. The molecule has 4 heteroatoms. The van der Waals surface area contributed by atoms with Crippen molar-refractivity contribution >= 4 is 5.91 Å². The van der Waals surface area contributed by atoms with Crippen molar-refractivity contribution in [2.75, 3.05) is 6.61 Å². The molecule has 0 aromatic rings. The van der Waals surface area contributed by atoms with E-state index in [1.54, 1.807) is 0 Å². The van der Waals surface area contributed by atoms with Crippen molar-refractivity contribution in [3.8, 4) is 0 Å². The lowest BCUT2D eigenvalue weighted by molar-refractivity contribution is -0.116. The molecule has 132 valence electrons. The highest BCUT2D eigenvalue weighted by Crippen LogP contribution is 2.71. The van der Waals surface area contributed by atoms with Crippen LogP contribution in [0.3, 0.4) is 0 Å². The molecule has 2 bridgehead atoms. The molecule has 4 aliphatic carbocycles. The molecule has 1 aliphatic heterocycles. The Morgan fingerprint density at radius 1 is 1.25 bits per heavy atom. The van der Waals surface area contributed by atoms with E-state index >= 15 is 0 Å². The van der Waals surface area contributed by atoms with Gasteiger partial charge >= 0.3 is 0 Å². The maximum atomic E-state index is 11.9. The molecular weight excluding hydrogens is 302 g/mol. The maximum Gasteiger partial charge on any atom is 0.244 e. The molecule has 3 N–H and O–H groups in total. The largest absolute Gasteiger partial charge is 0.393 e. The van der Waals surface area contributed by atoms with Gasteiger partial charge in [-0.3, -0.25) is 4.79 Å². The van der Waals surface area contributed by atoms with Gasteiger partial charge in [-0.15, -0.1) is 0 Å². The van der Waals surface area contributed by atoms with Crippen LogP contribution >= 0.6 is 0 Å². The molecule has 4 nitrogen and oxygen atoms in total. The van der Waals surface area contributed by atoms with E-state index in [4.69, 9.17) is 0 Å². The summed E-state index contributed by atoms with van der Waals surface area (Å²) < 4.78 is 0. The van der Waals surface area contributed by atoms with Gasteiger partial charge < -0.3 is 15.5 Å². The Morgan fingerprint density at radius 3 is 2.88 bits per heavy atom. The Hall–Kier alpha value is -0.870. The normalized spacial score (nSPS) is 55.3. The first-order chi connectivity index (χ1) is 11.4. The summed E-state index contributed by atoms with van der Waals surface area (Å²) in [5.41, 5.74) is 0.980. The van der Waals surface area contributed by atoms with E-state index < -0.39 is 5.60 Å². The van der Waals surface area contributed by atoms with Gasteiger partial charge in [0.05, 0.1) is 18.2 Å². The summed E-state index contributed by atoms with van der Waals surface area (Å²) in [7, 11) is 0. The van der Waals surface area contributed by atoms with E-state index in [2.05, 4.69) is 12.2 Å². The van der Waals surface area contributed by atoms with E-state index in [0.717, 1.165) is 38.5 Å². The molecule has 0 saturated heterocycles. The smallest absolute Gasteiger partial charge is 0.244 e. The summed E-state index contributed by atoms with van der Waals surface area (Å²) in [6, 6.07) is 0.277. The molecule has 4 saturated carbocycles. The fraction of sp³-hybridized carbons (Fsp3) is 0.850. The molecule has 1 heterocycles. The van der Waals surface area contributed by atoms with Crippen LogP contribution in [0.1, 0.15) is 58.3 Å². The molecule has 0 unspecified atom stereocenters. The van der Waals surface area contributed by atoms with Crippen LogP contribution in [0.25, 0.3) is 0 Å². The molecule has 7 atom stereocenters.